The van der Waals surface area contributed by atoms with Gasteiger partial charge in [0.15, 0.2) is 0 Å². The number of benzene rings is 2. The average Bonchev–Trinajstić information content (AvgIpc) is 3.03. The highest BCUT2D eigenvalue weighted by Gasteiger charge is 2.37. The SMILES string of the molecule is C[C@]1(C(=O)O)CC[C@@H](COCCN2CCN(c3nc(N)nc4c3CCc3cc(OCc5ccc(Cl)cc5)ccc3-4)CC2)CC1. The molecule has 1 saturated heterocycles. The molecule has 2 fully saturated rings. The molecule has 6 rings (SSSR count). The van der Waals surface area contributed by atoms with Crippen LogP contribution in [0.5, 0.6) is 5.75 Å². The Hall–Kier alpha value is -3.40. The first-order chi connectivity index (χ1) is 21.3. The highest BCUT2D eigenvalue weighted by molar-refractivity contribution is 6.30. The standard InChI is InChI=1S/C34H42ClN5O4/c1-34(32(41)42)12-10-24(11-13-34)21-43-19-18-39-14-16-40(17-15-39)31-29-8-4-25-20-27(44-22-23-2-5-26(35)6-3-23)7-9-28(25)30(29)37-33(36)38-31/h2-3,5-7,9,20,24H,4,8,10-19,21-22H2,1H3,(H,41,42)(H2,36,37,38)/t24-,34+. The maximum atomic E-state index is 11.5. The van der Waals surface area contributed by atoms with Crippen molar-refractivity contribution in [3.63, 3.8) is 0 Å². The zero-order valence-electron chi connectivity index (χ0n) is 25.4. The largest absolute Gasteiger partial charge is 0.489 e. The molecule has 10 heteroatoms. The molecule has 0 amide bonds. The molecule has 2 aromatic carbocycles. The number of carbonyl (C=O) groups is 1. The maximum absolute atomic E-state index is 11.5. The average molecular weight is 620 g/mol. The van der Waals surface area contributed by atoms with Crippen LogP contribution in [0.2, 0.25) is 5.02 Å². The Morgan fingerprint density at radius 3 is 2.55 bits per heavy atom. The number of hydrogen-bond donors (Lipinski definition) is 2. The van der Waals surface area contributed by atoms with E-state index in [9.17, 15) is 9.90 Å². The fourth-order valence-electron chi connectivity index (χ4n) is 6.63. The van der Waals surface area contributed by atoms with Crippen LogP contribution in [0.4, 0.5) is 11.8 Å². The first-order valence-electron chi connectivity index (χ1n) is 15.7. The molecule has 1 aromatic heterocycles. The van der Waals surface area contributed by atoms with E-state index < -0.39 is 11.4 Å². The highest BCUT2D eigenvalue weighted by atomic mass is 35.5. The zero-order valence-corrected chi connectivity index (χ0v) is 26.2. The number of aliphatic carboxylic acids is 1. The van der Waals surface area contributed by atoms with E-state index >= 15 is 0 Å². The zero-order chi connectivity index (χ0) is 30.7. The lowest BCUT2D eigenvalue weighted by Gasteiger charge is -2.37. The van der Waals surface area contributed by atoms with Crippen molar-refractivity contribution in [1.29, 1.82) is 0 Å². The minimum absolute atomic E-state index is 0.303. The van der Waals surface area contributed by atoms with Gasteiger partial charge in [0.05, 0.1) is 17.7 Å². The lowest BCUT2D eigenvalue weighted by Crippen LogP contribution is -2.48. The van der Waals surface area contributed by atoms with Crippen LogP contribution >= 0.6 is 11.6 Å². The molecule has 0 bridgehead atoms. The Morgan fingerprint density at radius 1 is 1.07 bits per heavy atom. The summed E-state index contributed by atoms with van der Waals surface area (Å²) in [5.41, 5.74) is 11.2. The highest BCUT2D eigenvalue weighted by Crippen LogP contribution is 2.40. The molecule has 0 unspecified atom stereocenters. The summed E-state index contributed by atoms with van der Waals surface area (Å²) in [6.07, 6.45) is 5.09. The second-order valence-electron chi connectivity index (χ2n) is 12.7. The first kappa shape index (κ1) is 30.6. The number of halogens is 1. The van der Waals surface area contributed by atoms with Crippen molar-refractivity contribution >= 4 is 29.3 Å². The number of piperazine rings is 1. The molecule has 0 radical (unpaired) electrons. The monoisotopic (exact) mass is 619 g/mol. The van der Waals surface area contributed by atoms with E-state index in [0.29, 0.717) is 30.1 Å². The van der Waals surface area contributed by atoms with E-state index in [-0.39, 0.29) is 0 Å². The number of fused-ring (bicyclic) bond motifs is 3. The van der Waals surface area contributed by atoms with Crippen LogP contribution in [0, 0.1) is 11.3 Å². The van der Waals surface area contributed by atoms with Gasteiger partial charge in [0.1, 0.15) is 18.2 Å². The van der Waals surface area contributed by atoms with Crippen molar-refractivity contribution in [3.05, 3.63) is 64.2 Å². The smallest absolute Gasteiger partial charge is 0.309 e. The molecule has 44 heavy (non-hydrogen) atoms. The van der Waals surface area contributed by atoms with Crippen molar-refractivity contribution in [2.45, 2.75) is 52.1 Å². The van der Waals surface area contributed by atoms with Crippen LogP contribution in [0.25, 0.3) is 11.3 Å². The third-order valence-corrected chi connectivity index (χ3v) is 9.85. The fourth-order valence-corrected chi connectivity index (χ4v) is 6.76. The summed E-state index contributed by atoms with van der Waals surface area (Å²) < 4.78 is 12.1. The molecule has 0 spiro atoms. The van der Waals surface area contributed by atoms with Gasteiger partial charge in [-0.2, -0.15) is 4.98 Å². The number of nitrogens with zero attached hydrogens (tertiary/aromatic N) is 4. The van der Waals surface area contributed by atoms with Crippen molar-refractivity contribution in [1.82, 2.24) is 14.9 Å². The number of hydrogen-bond acceptors (Lipinski definition) is 8. The molecule has 3 N–H and O–H groups in total. The molecule has 2 heterocycles. The van der Waals surface area contributed by atoms with Crippen LogP contribution in [-0.4, -0.2) is 71.9 Å². The van der Waals surface area contributed by atoms with E-state index in [0.717, 1.165) is 106 Å². The van der Waals surface area contributed by atoms with Crippen molar-refractivity contribution in [2.75, 3.05) is 56.6 Å². The summed E-state index contributed by atoms with van der Waals surface area (Å²) >= 11 is 6.00. The van der Waals surface area contributed by atoms with Gasteiger partial charge in [0, 0.05) is 55.5 Å². The molecule has 3 aliphatic rings. The summed E-state index contributed by atoms with van der Waals surface area (Å²) in [5, 5.41) is 10.2. The predicted molar refractivity (Wildman–Crippen MR) is 172 cm³/mol. The summed E-state index contributed by atoms with van der Waals surface area (Å²) in [7, 11) is 0. The maximum Gasteiger partial charge on any atom is 0.309 e. The van der Waals surface area contributed by atoms with E-state index in [1.54, 1.807) is 0 Å². The molecule has 1 aliphatic heterocycles. The van der Waals surface area contributed by atoms with Crippen LogP contribution in [-0.2, 0) is 29.0 Å². The Balaban J connectivity index is 1.01. The van der Waals surface area contributed by atoms with Crippen LogP contribution in [0.1, 0.15) is 49.3 Å². The number of carboxylic acid groups (broad SMARTS) is 1. The van der Waals surface area contributed by atoms with Gasteiger partial charge in [-0.05, 0) is 92.8 Å². The van der Waals surface area contributed by atoms with Crippen LogP contribution in [0.15, 0.2) is 42.5 Å². The van der Waals surface area contributed by atoms with E-state index in [1.807, 2.05) is 37.3 Å². The third-order valence-electron chi connectivity index (χ3n) is 9.60. The summed E-state index contributed by atoms with van der Waals surface area (Å²) in [5.74, 6) is 1.90. The number of anilines is 2. The molecule has 0 atom stereocenters. The molecule has 9 nitrogen and oxygen atoms in total. The summed E-state index contributed by atoms with van der Waals surface area (Å²) in [6.45, 7) is 8.30. The van der Waals surface area contributed by atoms with Gasteiger partial charge >= 0.3 is 5.97 Å². The predicted octanol–water partition coefficient (Wildman–Crippen LogP) is 5.48. The number of aromatic nitrogens is 2. The Labute approximate surface area is 264 Å². The van der Waals surface area contributed by atoms with Crippen molar-refractivity contribution in [2.24, 2.45) is 11.3 Å². The molecule has 234 valence electrons. The Morgan fingerprint density at radius 2 is 1.82 bits per heavy atom. The molecule has 1 saturated carbocycles. The van der Waals surface area contributed by atoms with Crippen molar-refractivity contribution in [3.8, 4) is 17.0 Å². The Kier molecular flexibility index (Phi) is 9.26. The normalized spacial score (nSPS) is 21.9. The van der Waals surface area contributed by atoms with Gasteiger partial charge in [-0.3, -0.25) is 9.69 Å². The van der Waals surface area contributed by atoms with Gasteiger partial charge in [-0.1, -0.05) is 23.7 Å². The second kappa shape index (κ2) is 13.3. The van der Waals surface area contributed by atoms with Crippen LogP contribution < -0.4 is 15.4 Å². The van der Waals surface area contributed by atoms with Gasteiger partial charge in [-0.15, -0.1) is 0 Å². The number of nitrogen functional groups attached to an aromatic ring is 1. The van der Waals surface area contributed by atoms with E-state index in [2.05, 4.69) is 21.9 Å². The van der Waals surface area contributed by atoms with Crippen molar-refractivity contribution < 1.29 is 19.4 Å². The molecule has 3 aromatic rings. The lowest BCUT2D eigenvalue weighted by molar-refractivity contribution is -0.150. The molecule has 2 aliphatic carbocycles. The molecular weight excluding hydrogens is 578 g/mol. The summed E-state index contributed by atoms with van der Waals surface area (Å²) in [6, 6.07) is 13.9. The number of ether oxygens (including phenoxy) is 2. The van der Waals surface area contributed by atoms with Gasteiger partial charge in [0.25, 0.3) is 0 Å². The topological polar surface area (TPSA) is 114 Å². The van der Waals surface area contributed by atoms with Crippen LogP contribution in [0.3, 0.4) is 0 Å². The molecular formula is C34H42ClN5O4. The third kappa shape index (κ3) is 6.95. The van der Waals surface area contributed by atoms with Gasteiger partial charge < -0.3 is 25.2 Å². The quantitative estimate of drug-likeness (QED) is 0.285. The Bertz CT molecular complexity index is 1470. The van der Waals surface area contributed by atoms with E-state index in [4.69, 9.17) is 36.8 Å². The van der Waals surface area contributed by atoms with Gasteiger partial charge in [0.2, 0.25) is 5.95 Å². The number of carboxylic acids is 1. The minimum atomic E-state index is -0.670. The summed E-state index contributed by atoms with van der Waals surface area (Å²) in [4.78, 5) is 25.7. The first-order valence-corrected chi connectivity index (χ1v) is 16.1. The fraction of sp³-hybridized carbons (Fsp3) is 0.500. The number of aryl methyl sites for hydroxylation is 1. The number of rotatable bonds is 10. The lowest BCUT2D eigenvalue weighted by atomic mass is 9.72. The minimum Gasteiger partial charge on any atom is -0.489 e. The number of nitrogens with two attached hydrogens (primary N) is 1. The van der Waals surface area contributed by atoms with E-state index in [1.165, 1.54) is 11.1 Å². The van der Waals surface area contributed by atoms with Gasteiger partial charge in [-0.25, -0.2) is 4.98 Å². The second-order valence-corrected chi connectivity index (χ2v) is 13.1.